The Kier molecular flexibility index (Phi) is 12.6. The number of hydrogen-bond donors (Lipinski definition) is 1. The van der Waals surface area contributed by atoms with Crippen LogP contribution in [0.2, 0.25) is 0 Å². The van der Waals surface area contributed by atoms with Gasteiger partial charge in [0.2, 0.25) is 0 Å². The number of fused-ring (bicyclic) bond motifs is 13. The van der Waals surface area contributed by atoms with Crippen LogP contribution in [0.3, 0.4) is 0 Å². The molecule has 0 saturated carbocycles. The normalized spacial score (nSPS) is 20.4. The van der Waals surface area contributed by atoms with Crippen molar-refractivity contribution < 1.29 is 38.1 Å². The third-order valence-corrected chi connectivity index (χ3v) is 11.4. The van der Waals surface area contributed by atoms with Crippen molar-refractivity contribution >= 4 is 22.9 Å². The minimum Gasteiger partial charge on any atom is -0.483 e. The fraction of sp³-hybridized carbons (Fsp3) is 0.367. The standard InChI is InChI=1S/C49H52O9/c1-31(30-50)40-21-19-32-13-15-35(16-14-32)27-37(18-17-34-11-8-12-36(26-34)25-33-9-6-5-7-10-33)28-42(51)55-45-43-41(58-49(2,3)46(45)57-48(40)53)22-20-38-29-39(23-24-54-4)47(52)56-44(38)43/h5-16,20,22,26,29,37,45-46,50H,17-19,21,23-25,27-28,30H2,1-4H3/b40-31-/t37-,45+,46-/m0/s1. The van der Waals surface area contributed by atoms with E-state index in [-0.39, 0.29) is 24.5 Å². The molecule has 1 N–H and O–H groups in total. The molecule has 4 aromatic carbocycles. The number of esters is 2. The van der Waals surface area contributed by atoms with Crippen LogP contribution in [-0.4, -0.2) is 49.1 Å². The van der Waals surface area contributed by atoms with Gasteiger partial charge in [-0.15, -0.1) is 0 Å². The number of aliphatic hydroxyl groups excluding tert-OH is 1. The van der Waals surface area contributed by atoms with Crippen LogP contribution in [-0.2, 0) is 55.9 Å². The summed E-state index contributed by atoms with van der Waals surface area (Å²) in [6, 6.07) is 32.6. The van der Waals surface area contributed by atoms with Crippen molar-refractivity contribution in [1.82, 2.24) is 0 Å². The molecule has 3 atom stereocenters. The van der Waals surface area contributed by atoms with E-state index in [2.05, 4.69) is 72.8 Å². The molecule has 0 radical (unpaired) electrons. The molecule has 8 rings (SSSR count). The number of methoxy groups -OCH3 is 1. The van der Waals surface area contributed by atoms with E-state index in [9.17, 15) is 19.5 Å². The molecule has 5 aromatic rings. The zero-order valence-electron chi connectivity index (χ0n) is 33.8. The molecule has 0 unspecified atom stereocenters. The molecule has 2 bridgehead atoms. The zero-order valence-corrected chi connectivity index (χ0v) is 33.8. The summed E-state index contributed by atoms with van der Waals surface area (Å²) in [5.41, 5.74) is 5.88. The van der Waals surface area contributed by atoms with Gasteiger partial charge in [0, 0.05) is 36.5 Å². The fourth-order valence-electron chi connectivity index (χ4n) is 8.17. The van der Waals surface area contributed by atoms with Crippen LogP contribution in [0, 0.1) is 5.92 Å². The Morgan fingerprint density at radius 3 is 2.31 bits per heavy atom. The number of ether oxygens (including phenoxy) is 4. The Labute approximate surface area is 339 Å². The van der Waals surface area contributed by atoms with Gasteiger partial charge in [0.25, 0.3) is 0 Å². The quantitative estimate of drug-likeness (QED) is 0.0893. The van der Waals surface area contributed by atoms with Crippen LogP contribution in [0.25, 0.3) is 11.0 Å². The second-order valence-corrected chi connectivity index (χ2v) is 16.2. The highest BCUT2D eigenvalue weighted by atomic mass is 16.6. The third kappa shape index (κ3) is 9.43. The first kappa shape index (κ1) is 40.7. The average Bonchev–Trinajstić information content (AvgIpc) is 3.21. The van der Waals surface area contributed by atoms with Crippen LogP contribution < -0.4 is 10.4 Å². The Balaban J connectivity index is 1.26. The van der Waals surface area contributed by atoms with Gasteiger partial charge in [-0.1, -0.05) is 78.9 Å². The summed E-state index contributed by atoms with van der Waals surface area (Å²) in [5, 5.41) is 10.8. The Morgan fingerprint density at radius 2 is 1.55 bits per heavy atom. The third-order valence-electron chi connectivity index (χ3n) is 11.4. The van der Waals surface area contributed by atoms with E-state index < -0.39 is 35.4 Å². The number of hydrogen-bond acceptors (Lipinski definition) is 9. The first-order valence-electron chi connectivity index (χ1n) is 20.2. The van der Waals surface area contributed by atoms with Crippen molar-refractivity contribution in [3.63, 3.8) is 0 Å². The van der Waals surface area contributed by atoms with Gasteiger partial charge in [0.1, 0.15) is 16.9 Å². The van der Waals surface area contributed by atoms with Gasteiger partial charge in [-0.05, 0) is 117 Å². The summed E-state index contributed by atoms with van der Waals surface area (Å²) < 4.78 is 30.5. The monoisotopic (exact) mass is 784 g/mol. The highest BCUT2D eigenvalue weighted by molar-refractivity contribution is 5.90. The van der Waals surface area contributed by atoms with Gasteiger partial charge in [-0.25, -0.2) is 9.59 Å². The summed E-state index contributed by atoms with van der Waals surface area (Å²) in [4.78, 5) is 41.9. The van der Waals surface area contributed by atoms with Gasteiger partial charge in [-0.2, -0.15) is 0 Å². The van der Waals surface area contributed by atoms with Crippen molar-refractivity contribution in [3.8, 4) is 5.75 Å². The predicted octanol–water partition coefficient (Wildman–Crippen LogP) is 8.38. The molecular weight excluding hydrogens is 733 g/mol. The molecule has 3 aliphatic rings. The highest BCUT2D eigenvalue weighted by Gasteiger charge is 2.50. The van der Waals surface area contributed by atoms with Gasteiger partial charge in [-0.3, -0.25) is 4.79 Å². The second kappa shape index (κ2) is 18.0. The first-order chi connectivity index (χ1) is 28.0. The van der Waals surface area contributed by atoms with Gasteiger partial charge >= 0.3 is 17.6 Å². The molecule has 4 heterocycles. The van der Waals surface area contributed by atoms with E-state index in [4.69, 9.17) is 23.4 Å². The molecule has 302 valence electrons. The molecule has 9 nitrogen and oxygen atoms in total. The van der Waals surface area contributed by atoms with Crippen molar-refractivity contribution in [2.75, 3.05) is 20.3 Å². The molecule has 3 aliphatic heterocycles. The zero-order chi connectivity index (χ0) is 40.8. The highest BCUT2D eigenvalue weighted by Crippen LogP contribution is 2.47. The van der Waals surface area contributed by atoms with E-state index in [1.165, 1.54) is 16.7 Å². The largest absolute Gasteiger partial charge is 0.483 e. The van der Waals surface area contributed by atoms with Crippen LogP contribution in [0.15, 0.2) is 117 Å². The molecular formula is C49H52O9. The summed E-state index contributed by atoms with van der Waals surface area (Å²) in [6.07, 6.45) is 2.02. The number of carbonyl (C=O) groups excluding carboxylic acids is 2. The molecule has 0 spiro atoms. The second-order valence-electron chi connectivity index (χ2n) is 16.2. The number of rotatable bonds is 9. The molecule has 0 fully saturated rings. The van der Waals surface area contributed by atoms with Crippen LogP contribution in [0.4, 0.5) is 0 Å². The SMILES string of the molecule is COCCc1cc2ccc3c(c2oc1=O)[C@H]1OC(=O)C[C@@H](CCc2cccc(Cc4ccccc4)c2)Cc2ccc(cc2)CC/C(=C(\C)CO)C(=O)O[C@@H]1C(C)(C)O3. The van der Waals surface area contributed by atoms with Crippen molar-refractivity contribution in [2.24, 2.45) is 5.92 Å². The molecule has 0 amide bonds. The number of benzene rings is 4. The van der Waals surface area contributed by atoms with Crippen molar-refractivity contribution in [1.29, 1.82) is 0 Å². The lowest BCUT2D eigenvalue weighted by molar-refractivity contribution is -0.188. The maximum absolute atomic E-state index is 14.4. The maximum Gasteiger partial charge on any atom is 0.339 e. The lowest BCUT2D eigenvalue weighted by Gasteiger charge is -2.43. The molecule has 9 heteroatoms. The van der Waals surface area contributed by atoms with Gasteiger partial charge in [0.05, 0.1) is 18.8 Å². The molecule has 0 aliphatic carbocycles. The van der Waals surface area contributed by atoms with E-state index in [1.54, 1.807) is 46.1 Å². The predicted molar refractivity (Wildman–Crippen MR) is 222 cm³/mol. The Morgan fingerprint density at radius 1 is 0.810 bits per heavy atom. The minimum atomic E-state index is -1.18. The Bertz CT molecular complexity index is 2340. The van der Waals surface area contributed by atoms with Crippen LogP contribution in [0.1, 0.15) is 85.1 Å². The summed E-state index contributed by atoms with van der Waals surface area (Å²) >= 11 is 0. The first-order valence-corrected chi connectivity index (χ1v) is 20.2. The van der Waals surface area contributed by atoms with Crippen molar-refractivity contribution in [2.45, 2.75) is 89.9 Å². The van der Waals surface area contributed by atoms with Crippen LogP contribution >= 0.6 is 0 Å². The van der Waals surface area contributed by atoms with Gasteiger partial charge in [0.15, 0.2) is 12.2 Å². The fourth-order valence-corrected chi connectivity index (χ4v) is 8.17. The smallest absolute Gasteiger partial charge is 0.339 e. The maximum atomic E-state index is 14.4. The Hall–Kier alpha value is -5.51. The van der Waals surface area contributed by atoms with E-state index in [0.717, 1.165) is 30.4 Å². The van der Waals surface area contributed by atoms with Gasteiger partial charge < -0.3 is 28.5 Å². The summed E-state index contributed by atoms with van der Waals surface area (Å²) in [5.74, 6) is -0.830. The lowest BCUT2D eigenvalue weighted by Crippen LogP contribution is -2.52. The summed E-state index contributed by atoms with van der Waals surface area (Å²) in [7, 11) is 1.57. The topological polar surface area (TPSA) is 122 Å². The number of aryl methyl sites for hydroxylation is 2. The lowest BCUT2D eigenvalue weighted by atomic mass is 9.86. The van der Waals surface area contributed by atoms with E-state index in [0.29, 0.717) is 65.7 Å². The van der Waals surface area contributed by atoms with E-state index in [1.807, 2.05) is 6.07 Å². The summed E-state index contributed by atoms with van der Waals surface area (Å²) in [6.45, 7) is 5.27. The van der Waals surface area contributed by atoms with Crippen molar-refractivity contribution in [3.05, 3.63) is 158 Å². The molecule has 1 aromatic heterocycles. The van der Waals surface area contributed by atoms with E-state index >= 15 is 0 Å². The number of carbonyl (C=O) groups is 2. The van der Waals surface area contributed by atoms with Crippen LogP contribution in [0.5, 0.6) is 5.75 Å². The molecule has 58 heavy (non-hydrogen) atoms. The molecule has 0 saturated heterocycles. The number of aliphatic hydroxyl groups is 1. The average molecular weight is 785 g/mol. The minimum absolute atomic E-state index is 0.0760.